The van der Waals surface area contributed by atoms with Gasteiger partial charge in [-0.2, -0.15) is 0 Å². The van der Waals surface area contributed by atoms with Crippen molar-refractivity contribution in [2.24, 2.45) is 11.8 Å². The smallest absolute Gasteiger partial charge is 0.0685 e. The molecule has 0 bridgehead atoms. The van der Waals surface area contributed by atoms with Crippen LogP contribution in [0.4, 0.5) is 0 Å². The highest BCUT2D eigenvalue weighted by atomic mass is 16.5. The van der Waals surface area contributed by atoms with Crippen molar-refractivity contribution in [3.63, 3.8) is 0 Å². The summed E-state index contributed by atoms with van der Waals surface area (Å²) in [6.07, 6.45) is 15.3. The molecule has 3 aliphatic rings. The van der Waals surface area contributed by atoms with Crippen molar-refractivity contribution in [2.75, 3.05) is 13.7 Å². The predicted octanol–water partition coefficient (Wildman–Crippen LogP) is 3.89. The van der Waals surface area contributed by atoms with Crippen LogP contribution in [-0.2, 0) is 4.74 Å². The van der Waals surface area contributed by atoms with E-state index < -0.39 is 0 Å². The van der Waals surface area contributed by atoms with Crippen molar-refractivity contribution in [1.29, 1.82) is 0 Å². The summed E-state index contributed by atoms with van der Waals surface area (Å²) in [5.74, 6) is 1.80. The van der Waals surface area contributed by atoms with Gasteiger partial charge in [-0.1, -0.05) is 32.1 Å². The van der Waals surface area contributed by atoms with Crippen molar-refractivity contribution in [1.82, 2.24) is 5.32 Å². The van der Waals surface area contributed by atoms with Gasteiger partial charge in [0.15, 0.2) is 0 Å². The van der Waals surface area contributed by atoms with Gasteiger partial charge in [0.25, 0.3) is 0 Å². The second-order valence-electron chi connectivity index (χ2n) is 7.20. The van der Waals surface area contributed by atoms with Gasteiger partial charge in [0.2, 0.25) is 0 Å². The summed E-state index contributed by atoms with van der Waals surface area (Å²) >= 11 is 0. The molecule has 0 amide bonds. The molecule has 2 unspecified atom stereocenters. The van der Waals surface area contributed by atoms with Crippen LogP contribution in [0.1, 0.15) is 70.6 Å². The lowest BCUT2D eigenvalue weighted by Crippen LogP contribution is -2.49. The Kier molecular flexibility index (Phi) is 4.48. The van der Waals surface area contributed by atoms with Crippen LogP contribution >= 0.6 is 0 Å². The molecule has 2 saturated carbocycles. The number of nitrogens with one attached hydrogen (secondary N) is 1. The van der Waals surface area contributed by atoms with E-state index in [1.54, 1.807) is 0 Å². The maximum Gasteiger partial charge on any atom is 0.0685 e. The van der Waals surface area contributed by atoms with Gasteiger partial charge >= 0.3 is 0 Å². The minimum absolute atomic E-state index is 0.273. The largest absolute Gasteiger partial charge is 0.375 e. The van der Waals surface area contributed by atoms with Gasteiger partial charge in [-0.15, -0.1) is 0 Å². The van der Waals surface area contributed by atoms with Gasteiger partial charge in [0.05, 0.1) is 5.60 Å². The van der Waals surface area contributed by atoms with Crippen LogP contribution in [0.3, 0.4) is 0 Å². The van der Waals surface area contributed by atoms with E-state index in [1.807, 2.05) is 0 Å². The fourth-order valence-corrected chi connectivity index (χ4v) is 5.09. The highest BCUT2D eigenvalue weighted by molar-refractivity contribution is 4.95. The molecule has 1 spiro atoms. The zero-order chi connectivity index (χ0) is 13.1. The molecule has 110 valence electrons. The Morgan fingerprint density at radius 1 is 0.947 bits per heavy atom. The summed E-state index contributed by atoms with van der Waals surface area (Å²) in [6.45, 7) is 1.01. The predicted molar refractivity (Wildman–Crippen MR) is 79.3 cm³/mol. The van der Waals surface area contributed by atoms with Crippen molar-refractivity contribution >= 4 is 0 Å². The van der Waals surface area contributed by atoms with Gasteiger partial charge in [-0.25, -0.2) is 0 Å². The third-order valence-corrected chi connectivity index (χ3v) is 6.04. The van der Waals surface area contributed by atoms with Crippen LogP contribution in [0.15, 0.2) is 0 Å². The highest BCUT2D eigenvalue weighted by Gasteiger charge is 2.42. The Morgan fingerprint density at radius 2 is 1.68 bits per heavy atom. The number of hydrogen-bond donors (Lipinski definition) is 1. The minimum atomic E-state index is 0.273. The minimum Gasteiger partial charge on any atom is -0.375 e. The first-order valence-corrected chi connectivity index (χ1v) is 8.64. The normalized spacial score (nSPS) is 33.6. The van der Waals surface area contributed by atoms with E-state index in [9.17, 15) is 0 Å². The average Bonchev–Trinajstić information content (AvgIpc) is 2.95. The molecule has 0 aromatic heterocycles. The topological polar surface area (TPSA) is 21.3 Å². The molecular formula is C17H31NO. The second-order valence-corrected chi connectivity index (χ2v) is 7.20. The molecule has 2 heteroatoms. The summed E-state index contributed by atoms with van der Waals surface area (Å²) in [5.41, 5.74) is 0.273. The number of hydrogen-bond acceptors (Lipinski definition) is 2. The van der Waals surface area contributed by atoms with Gasteiger partial charge < -0.3 is 10.1 Å². The maximum absolute atomic E-state index is 6.27. The van der Waals surface area contributed by atoms with E-state index in [1.165, 1.54) is 70.6 Å². The molecule has 1 aliphatic heterocycles. The molecule has 3 fully saturated rings. The first-order valence-electron chi connectivity index (χ1n) is 8.64. The van der Waals surface area contributed by atoms with E-state index in [0.29, 0.717) is 0 Å². The van der Waals surface area contributed by atoms with Crippen LogP contribution in [0.2, 0.25) is 0 Å². The van der Waals surface area contributed by atoms with E-state index in [2.05, 4.69) is 12.4 Å². The van der Waals surface area contributed by atoms with Crippen LogP contribution in [0.25, 0.3) is 0 Å². The van der Waals surface area contributed by atoms with Crippen LogP contribution < -0.4 is 5.32 Å². The number of ether oxygens (including phenoxy) is 1. The number of rotatable bonds is 3. The lowest BCUT2D eigenvalue weighted by atomic mass is 9.72. The third-order valence-electron chi connectivity index (χ3n) is 6.04. The molecule has 1 saturated heterocycles. The Labute approximate surface area is 118 Å². The first-order chi connectivity index (χ1) is 9.33. The van der Waals surface area contributed by atoms with E-state index in [0.717, 1.165) is 24.5 Å². The standard InChI is InChI=1S/C17H31NO/c1-18-16(14-7-3-4-8-14)15-9-12-19-17(13-15)10-5-2-6-11-17/h14-16,18H,2-13H2,1H3. The molecule has 1 heterocycles. The van der Waals surface area contributed by atoms with E-state index in [4.69, 9.17) is 4.74 Å². The quantitative estimate of drug-likeness (QED) is 0.836. The lowest BCUT2D eigenvalue weighted by Gasteiger charge is -2.46. The zero-order valence-corrected chi connectivity index (χ0v) is 12.6. The Morgan fingerprint density at radius 3 is 2.37 bits per heavy atom. The molecule has 2 atom stereocenters. The summed E-state index contributed by atoms with van der Waals surface area (Å²) in [7, 11) is 2.19. The molecule has 0 aromatic rings. The van der Waals surface area contributed by atoms with Crippen molar-refractivity contribution in [3.8, 4) is 0 Å². The highest BCUT2D eigenvalue weighted by Crippen LogP contribution is 2.43. The summed E-state index contributed by atoms with van der Waals surface area (Å²) in [6, 6.07) is 0.755. The molecule has 2 nitrogen and oxygen atoms in total. The monoisotopic (exact) mass is 265 g/mol. The first kappa shape index (κ1) is 13.9. The molecule has 1 N–H and O–H groups in total. The van der Waals surface area contributed by atoms with Gasteiger partial charge in [0, 0.05) is 12.6 Å². The Balaban J connectivity index is 1.65. The average molecular weight is 265 g/mol. The van der Waals surface area contributed by atoms with Gasteiger partial charge in [-0.05, 0) is 57.4 Å². The fourth-order valence-electron chi connectivity index (χ4n) is 5.09. The maximum atomic E-state index is 6.27. The molecule has 3 rings (SSSR count). The third kappa shape index (κ3) is 3.00. The van der Waals surface area contributed by atoms with Crippen molar-refractivity contribution in [3.05, 3.63) is 0 Å². The second kappa shape index (κ2) is 6.13. The zero-order valence-electron chi connectivity index (χ0n) is 12.6. The van der Waals surface area contributed by atoms with Crippen LogP contribution in [0.5, 0.6) is 0 Å². The molecule has 0 aromatic carbocycles. The SMILES string of the molecule is CNC(C1CCCC1)C1CCOC2(CCCCC2)C1. The summed E-state index contributed by atoms with van der Waals surface area (Å²) in [4.78, 5) is 0. The van der Waals surface area contributed by atoms with Gasteiger partial charge in [-0.3, -0.25) is 0 Å². The molecule has 19 heavy (non-hydrogen) atoms. The van der Waals surface area contributed by atoms with E-state index >= 15 is 0 Å². The molecule has 2 aliphatic carbocycles. The van der Waals surface area contributed by atoms with Crippen LogP contribution in [0, 0.1) is 11.8 Å². The molecule has 0 radical (unpaired) electrons. The van der Waals surface area contributed by atoms with Crippen LogP contribution in [-0.4, -0.2) is 25.3 Å². The Bertz CT molecular complexity index is 273. The summed E-state index contributed by atoms with van der Waals surface area (Å²) in [5, 5.41) is 3.68. The lowest BCUT2D eigenvalue weighted by molar-refractivity contribution is -0.123. The fraction of sp³-hybridized carbons (Fsp3) is 1.00. The van der Waals surface area contributed by atoms with E-state index in [-0.39, 0.29) is 5.60 Å². The Hall–Kier alpha value is -0.0800. The van der Waals surface area contributed by atoms with Crippen molar-refractivity contribution < 1.29 is 4.74 Å². The molecular weight excluding hydrogens is 234 g/mol. The van der Waals surface area contributed by atoms with Gasteiger partial charge in [0.1, 0.15) is 0 Å². The summed E-state index contributed by atoms with van der Waals surface area (Å²) < 4.78 is 6.27. The van der Waals surface area contributed by atoms with Crippen molar-refractivity contribution in [2.45, 2.75) is 82.3 Å².